The van der Waals surface area contributed by atoms with E-state index in [9.17, 15) is 10.2 Å². The molecule has 0 amide bonds. The molecule has 0 aliphatic heterocycles. The van der Waals surface area contributed by atoms with E-state index in [0.29, 0.717) is 42.8 Å². The quantitative estimate of drug-likeness (QED) is 0.810. The summed E-state index contributed by atoms with van der Waals surface area (Å²) < 4.78 is 0. The van der Waals surface area contributed by atoms with Crippen LogP contribution in [0.3, 0.4) is 0 Å². The number of aromatic nitrogens is 3. The molecule has 0 bridgehead atoms. The third-order valence-electron chi connectivity index (χ3n) is 3.81. The highest BCUT2D eigenvalue weighted by Crippen LogP contribution is 2.38. The van der Waals surface area contributed by atoms with Crippen LogP contribution in [0.1, 0.15) is 37.2 Å². The Bertz CT molecular complexity index is 607. The molecule has 0 unspecified atom stereocenters. The molecule has 1 fully saturated rings. The molecular weight excluding hydrogens is 242 g/mol. The van der Waals surface area contributed by atoms with Crippen molar-refractivity contribution in [1.29, 1.82) is 0 Å². The molecule has 2 heterocycles. The van der Waals surface area contributed by atoms with Gasteiger partial charge in [0.15, 0.2) is 5.65 Å². The fourth-order valence-electron chi connectivity index (χ4n) is 2.74. The minimum atomic E-state index is -0.978. The summed E-state index contributed by atoms with van der Waals surface area (Å²) in [5.74, 6) is 0.612. The van der Waals surface area contributed by atoms with Gasteiger partial charge in [-0.3, -0.25) is 0 Å². The lowest BCUT2D eigenvalue weighted by Gasteiger charge is -2.34. The Morgan fingerprint density at radius 2 is 2.00 bits per heavy atom. The number of hydrogen-bond donors (Lipinski definition) is 2. The molecule has 0 spiro atoms. The minimum Gasteiger partial charge on any atom is -0.393 e. The molecule has 19 heavy (non-hydrogen) atoms. The molecule has 0 radical (unpaired) electrons. The van der Waals surface area contributed by atoms with Gasteiger partial charge in [-0.15, -0.1) is 0 Å². The summed E-state index contributed by atoms with van der Waals surface area (Å²) in [6.45, 7) is 1.80. The highest BCUT2D eigenvalue weighted by molar-refractivity contribution is 5.78. The topological polar surface area (TPSA) is 79.1 Å². The van der Waals surface area contributed by atoms with E-state index in [1.807, 2.05) is 12.1 Å². The summed E-state index contributed by atoms with van der Waals surface area (Å²) in [4.78, 5) is 13.0. The number of pyridine rings is 1. The van der Waals surface area contributed by atoms with Crippen LogP contribution in [0, 0.1) is 6.92 Å². The standard InChI is InChI=1S/C14H17N3O2/c1-9-16-12(11-3-2-8-15-13(11)17-9)14(19)6-4-10(18)5-7-14/h2-3,8,10,18-19H,4-7H2,1H3. The summed E-state index contributed by atoms with van der Waals surface area (Å²) in [5.41, 5.74) is 0.286. The monoisotopic (exact) mass is 259 g/mol. The predicted octanol–water partition coefficient (Wildman–Crippen LogP) is 1.46. The second-order valence-corrected chi connectivity index (χ2v) is 5.26. The van der Waals surface area contributed by atoms with Crippen LogP contribution in [-0.4, -0.2) is 31.3 Å². The molecule has 2 aromatic heterocycles. The van der Waals surface area contributed by atoms with E-state index >= 15 is 0 Å². The van der Waals surface area contributed by atoms with Gasteiger partial charge in [-0.25, -0.2) is 15.0 Å². The maximum Gasteiger partial charge on any atom is 0.163 e. The molecule has 100 valence electrons. The first-order valence-corrected chi connectivity index (χ1v) is 6.59. The molecule has 0 aromatic carbocycles. The van der Waals surface area contributed by atoms with Crippen LogP contribution in [0.5, 0.6) is 0 Å². The Labute approximate surface area is 111 Å². The molecule has 5 nitrogen and oxygen atoms in total. The highest BCUT2D eigenvalue weighted by atomic mass is 16.3. The lowest BCUT2D eigenvalue weighted by Crippen LogP contribution is -2.34. The fourth-order valence-corrected chi connectivity index (χ4v) is 2.74. The normalized spacial score (nSPS) is 27.6. The van der Waals surface area contributed by atoms with E-state index in [4.69, 9.17) is 0 Å². The van der Waals surface area contributed by atoms with E-state index in [2.05, 4.69) is 15.0 Å². The number of aliphatic hydroxyl groups is 2. The van der Waals surface area contributed by atoms with E-state index in [1.165, 1.54) is 0 Å². The maximum atomic E-state index is 10.9. The SMILES string of the molecule is Cc1nc(C2(O)CCC(O)CC2)c2cccnc2n1. The van der Waals surface area contributed by atoms with Crippen LogP contribution in [0.25, 0.3) is 11.0 Å². The van der Waals surface area contributed by atoms with Gasteiger partial charge in [-0.1, -0.05) is 0 Å². The van der Waals surface area contributed by atoms with E-state index in [0.717, 1.165) is 5.39 Å². The number of hydrogen-bond acceptors (Lipinski definition) is 5. The second kappa shape index (κ2) is 4.51. The third kappa shape index (κ3) is 2.19. The molecule has 0 atom stereocenters. The molecule has 3 rings (SSSR count). The number of aliphatic hydroxyl groups excluding tert-OH is 1. The Balaban J connectivity index is 2.14. The summed E-state index contributed by atoms with van der Waals surface area (Å²) in [6, 6.07) is 3.71. The zero-order chi connectivity index (χ0) is 13.5. The molecule has 1 saturated carbocycles. The first-order chi connectivity index (χ1) is 9.08. The molecule has 5 heteroatoms. The Morgan fingerprint density at radius 3 is 2.74 bits per heavy atom. The number of nitrogens with zero attached hydrogens (tertiary/aromatic N) is 3. The summed E-state index contributed by atoms with van der Waals surface area (Å²) in [7, 11) is 0. The highest BCUT2D eigenvalue weighted by Gasteiger charge is 2.37. The number of aryl methyl sites for hydroxylation is 1. The Hall–Kier alpha value is -1.59. The van der Waals surface area contributed by atoms with Gasteiger partial charge in [0.2, 0.25) is 0 Å². The maximum absolute atomic E-state index is 10.9. The van der Waals surface area contributed by atoms with Gasteiger partial charge in [-0.2, -0.15) is 0 Å². The van der Waals surface area contributed by atoms with Gasteiger partial charge >= 0.3 is 0 Å². The largest absolute Gasteiger partial charge is 0.393 e. The van der Waals surface area contributed by atoms with Crippen LogP contribution in [0.15, 0.2) is 18.3 Å². The van der Waals surface area contributed by atoms with Crippen molar-refractivity contribution < 1.29 is 10.2 Å². The van der Waals surface area contributed by atoms with Crippen LogP contribution in [0.2, 0.25) is 0 Å². The molecule has 0 saturated heterocycles. The summed E-state index contributed by atoms with van der Waals surface area (Å²) in [6.07, 6.45) is 3.62. The van der Waals surface area contributed by atoms with E-state index in [-0.39, 0.29) is 6.10 Å². The van der Waals surface area contributed by atoms with Gasteiger partial charge in [0, 0.05) is 11.6 Å². The van der Waals surface area contributed by atoms with Gasteiger partial charge in [0.1, 0.15) is 11.4 Å². The van der Waals surface area contributed by atoms with Crippen LogP contribution in [-0.2, 0) is 5.60 Å². The molecule has 2 aromatic rings. The minimum absolute atomic E-state index is 0.312. The van der Waals surface area contributed by atoms with Crippen LogP contribution >= 0.6 is 0 Å². The Morgan fingerprint density at radius 1 is 1.26 bits per heavy atom. The third-order valence-corrected chi connectivity index (χ3v) is 3.81. The lowest BCUT2D eigenvalue weighted by atomic mass is 9.80. The summed E-state index contributed by atoms with van der Waals surface area (Å²) >= 11 is 0. The van der Waals surface area contributed by atoms with Crippen LogP contribution in [0.4, 0.5) is 0 Å². The van der Waals surface area contributed by atoms with Crippen molar-refractivity contribution in [2.75, 3.05) is 0 Å². The lowest BCUT2D eigenvalue weighted by molar-refractivity contribution is -0.0381. The van der Waals surface area contributed by atoms with Gasteiger partial charge < -0.3 is 10.2 Å². The van der Waals surface area contributed by atoms with Crippen molar-refractivity contribution in [2.24, 2.45) is 0 Å². The molecule has 1 aliphatic rings. The Kier molecular flexibility index (Phi) is 2.95. The van der Waals surface area contributed by atoms with Crippen molar-refractivity contribution >= 4 is 11.0 Å². The first kappa shape index (κ1) is 12.4. The number of rotatable bonds is 1. The van der Waals surface area contributed by atoms with Crippen molar-refractivity contribution in [3.8, 4) is 0 Å². The zero-order valence-corrected chi connectivity index (χ0v) is 10.9. The fraction of sp³-hybridized carbons (Fsp3) is 0.500. The van der Waals surface area contributed by atoms with E-state index < -0.39 is 5.60 Å². The smallest absolute Gasteiger partial charge is 0.163 e. The molecular formula is C14H17N3O2. The number of fused-ring (bicyclic) bond motifs is 1. The van der Waals surface area contributed by atoms with Crippen molar-refractivity contribution in [3.05, 3.63) is 29.8 Å². The van der Waals surface area contributed by atoms with E-state index in [1.54, 1.807) is 13.1 Å². The average Bonchev–Trinajstić information content (AvgIpc) is 2.41. The van der Waals surface area contributed by atoms with Crippen molar-refractivity contribution in [3.63, 3.8) is 0 Å². The molecule has 2 N–H and O–H groups in total. The zero-order valence-electron chi connectivity index (χ0n) is 10.9. The molecule has 1 aliphatic carbocycles. The summed E-state index contributed by atoms with van der Waals surface area (Å²) in [5, 5.41) is 21.3. The second-order valence-electron chi connectivity index (χ2n) is 5.26. The average molecular weight is 259 g/mol. The van der Waals surface area contributed by atoms with Crippen molar-refractivity contribution in [2.45, 2.75) is 44.3 Å². The van der Waals surface area contributed by atoms with Gasteiger partial charge in [0.25, 0.3) is 0 Å². The van der Waals surface area contributed by atoms with Crippen LogP contribution < -0.4 is 0 Å². The van der Waals surface area contributed by atoms with Crippen molar-refractivity contribution in [1.82, 2.24) is 15.0 Å². The van der Waals surface area contributed by atoms with Gasteiger partial charge in [-0.05, 0) is 44.7 Å². The predicted molar refractivity (Wildman–Crippen MR) is 70.4 cm³/mol. The van der Waals surface area contributed by atoms with Gasteiger partial charge in [0.05, 0.1) is 11.8 Å². The first-order valence-electron chi connectivity index (χ1n) is 6.59.